The molecule has 0 aliphatic carbocycles. The van der Waals surface area contributed by atoms with E-state index in [-0.39, 0.29) is 24.5 Å². The predicted molar refractivity (Wildman–Crippen MR) is 145 cm³/mol. The van der Waals surface area contributed by atoms with Gasteiger partial charge in [-0.3, -0.25) is 9.59 Å². The van der Waals surface area contributed by atoms with Gasteiger partial charge in [-0.1, -0.05) is 54.6 Å². The number of nitrogens with zero attached hydrogens (tertiary/aromatic N) is 1. The van der Waals surface area contributed by atoms with Crippen LogP contribution in [0.25, 0.3) is 5.76 Å². The lowest BCUT2D eigenvalue weighted by Gasteiger charge is -2.25. The smallest absolute Gasteiger partial charge is 0.295 e. The molecule has 1 unspecified atom stereocenters. The number of carbonyl (C=O) groups is 2. The molecule has 0 aromatic heterocycles. The molecule has 1 aliphatic heterocycles. The van der Waals surface area contributed by atoms with Crippen LogP contribution >= 0.6 is 0 Å². The highest BCUT2D eigenvalue weighted by Gasteiger charge is 2.45. The Morgan fingerprint density at radius 3 is 2.34 bits per heavy atom. The molecule has 1 heterocycles. The van der Waals surface area contributed by atoms with Crippen molar-refractivity contribution in [3.63, 3.8) is 0 Å². The number of hydrogen-bond donors (Lipinski definition) is 1. The van der Waals surface area contributed by atoms with Crippen LogP contribution in [0.15, 0.2) is 91.0 Å². The van der Waals surface area contributed by atoms with Gasteiger partial charge in [-0.15, -0.1) is 0 Å². The second kappa shape index (κ2) is 12.3. The van der Waals surface area contributed by atoms with Gasteiger partial charge in [0.05, 0.1) is 18.2 Å². The molecule has 1 fully saturated rings. The summed E-state index contributed by atoms with van der Waals surface area (Å²) in [7, 11) is 1.53. The SMILES string of the molecule is C=CCOc1ccc(C2/C(=C(\O)c3ccc(OCc4cccc(C)c4)cc3)C(=O)C(=O)N2CCOC)cc1. The van der Waals surface area contributed by atoms with Crippen LogP contribution in [0.3, 0.4) is 0 Å². The van der Waals surface area contributed by atoms with Crippen molar-refractivity contribution >= 4 is 17.4 Å². The molecule has 0 spiro atoms. The maximum Gasteiger partial charge on any atom is 0.295 e. The Labute approximate surface area is 222 Å². The summed E-state index contributed by atoms with van der Waals surface area (Å²) in [6.07, 6.45) is 1.65. The first-order valence-corrected chi connectivity index (χ1v) is 12.3. The van der Waals surface area contributed by atoms with Crippen LogP contribution in [0.2, 0.25) is 0 Å². The Hall–Kier alpha value is -4.36. The molecule has 0 saturated carbocycles. The topological polar surface area (TPSA) is 85.3 Å². The quantitative estimate of drug-likeness (QED) is 0.164. The Morgan fingerprint density at radius 1 is 1.00 bits per heavy atom. The fraction of sp³-hybridized carbons (Fsp3) is 0.226. The Morgan fingerprint density at radius 2 is 1.68 bits per heavy atom. The van der Waals surface area contributed by atoms with Crippen LogP contribution in [0, 0.1) is 6.92 Å². The highest BCUT2D eigenvalue weighted by Crippen LogP contribution is 2.39. The van der Waals surface area contributed by atoms with E-state index in [1.165, 1.54) is 12.0 Å². The van der Waals surface area contributed by atoms with Crippen molar-refractivity contribution < 1.29 is 28.9 Å². The summed E-state index contributed by atoms with van der Waals surface area (Å²) in [5.74, 6) is -0.418. The predicted octanol–water partition coefficient (Wildman–Crippen LogP) is 5.21. The summed E-state index contributed by atoms with van der Waals surface area (Å²) in [6, 6.07) is 21.2. The number of aryl methyl sites for hydroxylation is 1. The molecule has 0 radical (unpaired) electrons. The lowest BCUT2D eigenvalue weighted by atomic mass is 9.95. The van der Waals surface area contributed by atoms with Crippen LogP contribution in [0.1, 0.15) is 28.3 Å². The zero-order chi connectivity index (χ0) is 27.1. The molecule has 38 heavy (non-hydrogen) atoms. The van der Waals surface area contributed by atoms with Crippen LogP contribution in [0.5, 0.6) is 11.5 Å². The van der Waals surface area contributed by atoms with E-state index in [1.54, 1.807) is 54.6 Å². The maximum atomic E-state index is 13.1. The van der Waals surface area contributed by atoms with Gasteiger partial charge in [-0.25, -0.2) is 0 Å². The number of benzene rings is 3. The van der Waals surface area contributed by atoms with Crippen molar-refractivity contribution in [2.24, 2.45) is 0 Å². The van der Waals surface area contributed by atoms with Gasteiger partial charge in [0.15, 0.2) is 0 Å². The van der Waals surface area contributed by atoms with Gasteiger partial charge in [0.2, 0.25) is 0 Å². The summed E-state index contributed by atoms with van der Waals surface area (Å²) < 4.78 is 16.6. The molecule has 1 N–H and O–H groups in total. The summed E-state index contributed by atoms with van der Waals surface area (Å²) in [4.78, 5) is 27.5. The van der Waals surface area contributed by atoms with E-state index in [2.05, 4.69) is 12.6 Å². The molecule has 4 rings (SSSR count). The number of ketones is 1. The Kier molecular flexibility index (Phi) is 8.61. The number of carbonyl (C=O) groups excluding carboxylic acids is 2. The third-order valence-electron chi connectivity index (χ3n) is 6.26. The minimum Gasteiger partial charge on any atom is -0.507 e. The van der Waals surface area contributed by atoms with Gasteiger partial charge >= 0.3 is 0 Å². The van der Waals surface area contributed by atoms with Gasteiger partial charge in [-0.05, 0) is 54.4 Å². The largest absolute Gasteiger partial charge is 0.507 e. The van der Waals surface area contributed by atoms with Crippen molar-refractivity contribution in [1.29, 1.82) is 0 Å². The number of likely N-dealkylation sites (tertiary alicyclic amines) is 1. The fourth-order valence-electron chi connectivity index (χ4n) is 4.38. The number of amides is 1. The van der Waals surface area contributed by atoms with E-state index in [9.17, 15) is 14.7 Å². The highest BCUT2D eigenvalue weighted by molar-refractivity contribution is 6.46. The van der Waals surface area contributed by atoms with Crippen molar-refractivity contribution in [3.8, 4) is 11.5 Å². The Bertz CT molecular complexity index is 1330. The van der Waals surface area contributed by atoms with Crippen molar-refractivity contribution in [3.05, 3.63) is 113 Å². The van der Waals surface area contributed by atoms with Gasteiger partial charge in [0.1, 0.15) is 30.5 Å². The molecular formula is C31H31NO6. The Balaban J connectivity index is 1.63. The average Bonchev–Trinajstić information content (AvgIpc) is 3.19. The number of hydrogen-bond acceptors (Lipinski definition) is 6. The molecule has 1 saturated heterocycles. The normalized spacial score (nSPS) is 16.5. The molecule has 7 heteroatoms. The molecule has 7 nitrogen and oxygen atoms in total. The number of methoxy groups -OCH3 is 1. The molecule has 196 valence electrons. The second-order valence-electron chi connectivity index (χ2n) is 8.96. The van der Waals surface area contributed by atoms with Crippen molar-refractivity contribution in [1.82, 2.24) is 4.90 Å². The molecule has 1 aliphatic rings. The van der Waals surface area contributed by atoms with Crippen LogP contribution in [-0.4, -0.2) is 48.6 Å². The van der Waals surface area contributed by atoms with Gasteiger partial charge in [-0.2, -0.15) is 0 Å². The number of aliphatic hydroxyl groups is 1. The minimum absolute atomic E-state index is 0.0271. The van der Waals surface area contributed by atoms with E-state index in [0.717, 1.165) is 11.1 Å². The summed E-state index contributed by atoms with van der Waals surface area (Å²) >= 11 is 0. The van der Waals surface area contributed by atoms with E-state index in [4.69, 9.17) is 14.2 Å². The van der Waals surface area contributed by atoms with E-state index in [1.807, 2.05) is 25.1 Å². The monoisotopic (exact) mass is 513 g/mol. The summed E-state index contributed by atoms with van der Waals surface area (Å²) in [6.45, 7) is 6.88. The van der Waals surface area contributed by atoms with E-state index in [0.29, 0.717) is 35.8 Å². The molecule has 1 atom stereocenters. The van der Waals surface area contributed by atoms with Gasteiger partial charge in [0, 0.05) is 19.2 Å². The lowest BCUT2D eigenvalue weighted by molar-refractivity contribution is -0.140. The highest BCUT2D eigenvalue weighted by atomic mass is 16.5. The van der Waals surface area contributed by atoms with Crippen molar-refractivity contribution in [2.45, 2.75) is 19.6 Å². The molecule has 3 aromatic carbocycles. The van der Waals surface area contributed by atoms with Gasteiger partial charge < -0.3 is 24.2 Å². The minimum atomic E-state index is -0.768. The first-order chi connectivity index (χ1) is 18.4. The molecule has 0 bridgehead atoms. The van der Waals surface area contributed by atoms with Crippen molar-refractivity contribution in [2.75, 3.05) is 26.9 Å². The van der Waals surface area contributed by atoms with E-state index >= 15 is 0 Å². The van der Waals surface area contributed by atoms with Crippen LogP contribution in [0.4, 0.5) is 0 Å². The second-order valence-corrected chi connectivity index (χ2v) is 8.96. The van der Waals surface area contributed by atoms with Gasteiger partial charge in [0.25, 0.3) is 11.7 Å². The molecular weight excluding hydrogens is 482 g/mol. The molecule has 3 aromatic rings. The van der Waals surface area contributed by atoms with E-state index < -0.39 is 17.7 Å². The molecule has 1 amide bonds. The van der Waals surface area contributed by atoms with Crippen LogP contribution < -0.4 is 9.47 Å². The summed E-state index contributed by atoms with van der Waals surface area (Å²) in [5.41, 5.74) is 3.31. The standard InChI is InChI=1S/C31H31NO6/c1-4-17-37-25-12-8-23(9-13-25)28-27(30(34)31(35)32(28)16-18-36-3)29(33)24-10-14-26(15-11-24)38-20-22-7-5-6-21(2)19-22/h4-15,19,28,33H,1,16-18,20H2,2-3H3/b29-27+. The first-order valence-electron chi connectivity index (χ1n) is 12.3. The first kappa shape index (κ1) is 26.7. The number of rotatable bonds is 11. The third kappa shape index (κ3) is 5.95. The zero-order valence-corrected chi connectivity index (χ0v) is 21.6. The third-order valence-corrected chi connectivity index (χ3v) is 6.26. The fourth-order valence-corrected chi connectivity index (χ4v) is 4.38. The lowest BCUT2D eigenvalue weighted by Crippen LogP contribution is -2.32. The maximum absolute atomic E-state index is 13.1. The zero-order valence-electron chi connectivity index (χ0n) is 21.6. The summed E-state index contributed by atoms with van der Waals surface area (Å²) in [5, 5.41) is 11.3. The number of aliphatic hydroxyl groups excluding tert-OH is 1. The number of Topliss-reactive ketones (excluding diaryl/α,β-unsaturated/α-hetero) is 1. The van der Waals surface area contributed by atoms with Crippen LogP contribution in [-0.2, 0) is 20.9 Å². The average molecular weight is 514 g/mol. The number of ether oxygens (including phenoxy) is 3.